The quantitative estimate of drug-likeness (QED) is 0.828. The number of hydrogen-bond donors (Lipinski definition) is 2. The molecule has 29 heavy (non-hydrogen) atoms. The molecule has 2 heterocycles. The number of aryl methyl sites for hydroxylation is 2. The number of hydrogen-bond acceptors (Lipinski definition) is 4. The van der Waals surface area contributed by atoms with Crippen molar-refractivity contribution in [1.82, 2.24) is 30.2 Å². The van der Waals surface area contributed by atoms with Crippen LogP contribution in [0.2, 0.25) is 0 Å². The molecule has 4 rings (SSSR count). The van der Waals surface area contributed by atoms with E-state index < -0.39 is 0 Å². The van der Waals surface area contributed by atoms with Gasteiger partial charge in [-0.3, -0.25) is 4.79 Å². The SMILES string of the molecule is Cc1cc(C)n(-c2ccc(=O)n(C3CCC(NC(=O)NC4CCCC4)CC3)n2)n1. The fourth-order valence-corrected chi connectivity index (χ4v) is 4.60. The van der Waals surface area contributed by atoms with Gasteiger partial charge in [0.2, 0.25) is 0 Å². The van der Waals surface area contributed by atoms with Crippen LogP contribution in [0.5, 0.6) is 0 Å². The van der Waals surface area contributed by atoms with Crippen molar-refractivity contribution in [3.8, 4) is 5.82 Å². The standard InChI is InChI=1S/C21H30N6O2/c1-14-13-15(2)26(24-14)19-11-12-20(28)27(25-19)18-9-7-17(8-10-18)23-21(29)22-16-5-3-4-6-16/h11-13,16-18H,3-10H2,1-2H3,(H2,22,23,29). The van der Waals surface area contributed by atoms with Crippen LogP contribution in [0.4, 0.5) is 4.79 Å². The van der Waals surface area contributed by atoms with Crippen LogP contribution in [0.3, 0.4) is 0 Å². The first-order valence-electron chi connectivity index (χ1n) is 10.7. The van der Waals surface area contributed by atoms with Gasteiger partial charge in [0, 0.05) is 23.8 Å². The first kappa shape index (κ1) is 19.7. The molecule has 2 saturated carbocycles. The summed E-state index contributed by atoms with van der Waals surface area (Å²) in [5.74, 6) is 0.659. The van der Waals surface area contributed by atoms with E-state index >= 15 is 0 Å². The summed E-state index contributed by atoms with van der Waals surface area (Å²) in [6.07, 6.45) is 7.91. The topological polar surface area (TPSA) is 93.8 Å². The lowest BCUT2D eigenvalue weighted by Crippen LogP contribution is -2.47. The average molecular weight is 399 g/mol. The van der Waals surface area contributed by atoms with E-state index in [1.54, 1.807) is 21.5 Å². The second-order valence-electron chi connectivity index (χ2n) is 8.42. The zero-order valence-electron chi connectivity index (χ0n) is 17.2. The Balaban J connectivity index is 1.38. The van der Waals surface area contributed by atoms with E-state index in [2.05, 4.69) is 20.8 Å². The molecule has 2 aliphatic rings. The van der Waals surface area contributed by atoms with Crippen LogP contribution in [0.15, 0.2) is 23.0 Å². The Kier molecular flexibility index (Phi) is 5.69. The number of urea groups is 1. The Hall–Kier alpha value is -2.64. The highest BCUT2D eigenvalue weighted by Gasteiger charge is 2.26. The van der Waals surface area contributed by atoms with Crippen molar-refractivity contribution < 1.29 is 4.79 Å². The van der Waals surface area contributed by atoms with Gasteiger partial charge in [0.25, 0.3) is 5.56 Å². The van der Waals surface area contributed by atoms with Crippen LogP contribution in [0.25, 0.3) is 5.82 Å². The Morgan fingerprint density at radius 2 is 1.62 bits per heavy atom. The van der Waals surface area contributed by atoms with Crippen LogP contribution >= 0.6 is 0 Å². The molecule has 2 fully saturated rings. The molecule has 8 nitrogen and oxygen atoms in total. The predicted molar refractivity (Wildman–Crippen MR) is 110 cm³/mol. The Morgan fingerprint density at radius 3 is 2.24 bits per heavy atom. The number of rotatable bonds is 4. The van der Waals surface area contributed by atoms with Gasteiger partial charge < -0.3 is 10.6 Å². The van der Waals surface area contributed by atoms with Gasteiger partial charge in [-0.05, 0) is 64.5 Å². The van der Waals surface area contributed by atoms with Crippen molar-refractivity contribution in [2.75, 3.05) is 0 Å². The lowest BCUT2D eigenvalue weighted by atomic mass is 9.91. The van der Waals surface area contributed by atoms with Gasteiger partial charge in [-0.2, -0.15) is 5.10 Å². The summed E-state index contributed by atoms with van der Waals surface area (Å²) >= 11 is 0. The minimum absolute atomic E-state index is 0.0513. The summed E-state index contributed by atoms with van der Waals surface area (Å²) < 4.78 is 3.37. The molecule has 2 N–H and O–H groups in total. The third-order valence-electron chi connectivity index (χ3n) is 6.11. The van der Waals surface area contributed by atoms with Gasteiger partial charge in [-0.1, -0.05) is 12.8 Å². The molecule has 0 saturated heterocycles. The first-order chi connectivity index (χ1) is 14.0. The predicted octanol–water partition coefficient (Wildman–Crippen LogP) is 2.77. The molecule has 2 aliphatic carbocycles. The Morgan fingerprint density at radius 1 is 0.966 bits per heavy atom. The van der Waals surface area contributed by atoms with Crippen molar-refractivity contribution >= 4 is 6.03 Å². The molecule has 2 aromatic heterocycles. The van der Waals surface area contributed by atoms with Gasteiger partial charge in [-0.15, -0.1) is 5.10 Å². The maximum Gasteiger partial charge on any atom is 0.315 e. The van der Waals surface area contributed by atoms with Gasteiger partial charge in [0.15, 0.2) is 5.82 Å². The average Bonchev–Trinajstić information content (AvgIpc) is 3.32. The van der Waals surface area contributed by atoms with Gasteiger partial charge in [0.1, 0.15) is 0 Å². The van der Waals surface area contributed by atoms with Crippen LogP contribution in [0, 0.1) is 13.8 Å². The molecular weight excluding hydrogens is 368 g/mol. The number of carbonyl (C=O) groups is 1. The minimum atomic E-state index is -0.0920. The molecular formula is C21H30N6O2. The first-order valence-corrected chi connectivity index (χ1v) is 10.7. The lowest BCUT2D eigenvalue weighted by Gasteiger charge is -2.30. The Bertz CT molecular complexity index is 919. The maximum absolute atomic E-state index is 12.4. The number of aromatic nitrogens is 4. The van der Waals surface area contributed by atoms with Crippen LogP contribution in [-0.2, 0) is 0 Å². The monoisotopic (exact) mass is 398 g/mol. The second kappa shape index (κ2) is 8.39. The minimum Gasteiger partial charge on any atom is -0.335 e. The second-order valence-corrected chi connectivity index (χ2v) is 8.42. The van der Waals surface area contributed by atoms with E-state index in [9.17, 15) is 9.59 Å². The van der Waals surface area contributed by atoms with Crippen LogP contribution < -0.4 is 16.2 Å². The molecule has 0 aliphatic heterocycles. The summed E-state index contributed by atoms with van der Waals surface area (Å²) in [5.41, 5.74) is 1.82. The summed E-state index contributed by atoms with van der Waals surface area (Å²) in [6.45, 7) is 3.92. The van der Waals surface area contributed by atoms with E-state index in [1.807, 2.05) is 19.9 Å². The normalized spacial score (nSPS) is 22.6. The third kappa shape index (κ3) is 4.52. The fourth-order valence-electron chi connectivity index (χ4n) is 4.60. The highest BCUT2D eigenvalue weighted by molar-refractivity contribution is 5.74. The molecule has 0 atom stereocenters. The molecule has 8 heteroatoms. The van der Waals surface area contributed by atoms with Crippen LogP contribution in [-0.4, -0.2) is 37.7 Å². The van der Waals surface area contributed by atoms with Gasteiger partial charge >= 0.3 is 6.03 Å². The highest BCUT2D eigenvalue weighted by atomic mass is 16.2. The molecule has 0 spiro atoms. The zero-order chi connectivity index (χ0) is 20.4. The van der Waals surface area contributed by atoms with Crippen molar-refractivity contribution in [2.24, 2.45) is 0 Å². The summed E-state index contributed by atoms with van der Waals surface area (Å²) in [5, 5.41) is 15.3. The molecule has 0 radical (unpaired) electrons. The Labute approximate surface area is 170 Å². The third-order valence-corrected chi connectivity index (χ3v) is 6.11. The summed E-state index contributed by atoms with van der Waals surface area (Å²) in [6, 6.07) is 5.76. The molecule has 0 unspecified atom stereocenters. The van der Waals surface area contributed by atoms with E-state index in [1.165, 1.54) is 12.8 Å². The molecule has 156 valence electrons. The zero-order valence-corrected chi connectivity index (χ0v) is 17.2. The smallest absolute Gasteiger partial charge is 0.315 e. The van der Waals surface area contributed by atoms with Crippen molar-refractivity contribution in [3.05, 3.63) is 39.9 Å². The fraction of sp³-hybridized carbons (Fsp3) is 0.619. The molecule has 2 aromatic rings. The summed E-state index contributed by atoms with van der Waals surface area (Å²) in [4.78, 5) is 24.6. The highest BCUT2D eigenvalue weighted by Crippen LogP contribution is 2.27. The number of nitrogens with one attached hydrogen (secondary N) is 2. The number of nitrogens with zero attached hydrogens (tertiary/aromatic N) is 4. The van der Waals surface area contributed by atoms with Gasteiger partial charge in [0.05, 0.1) is 11.7 Å². The van der Waals surface area contributed by atoms with E-state index in [0.29, 0.717) is 11.9 Å². The maximum atomic E-state index is 12.4. The number of amides is 2. The number of carbonyl (C=O) groups excluding carboxylic acids is 1. The van der Waals surface area contributed by atoms with Crippen molar-refractivity contribution in [2.45, 2.75) is 83.3 Å². The van der Waals surface area contributed by atoms with Crippen molar-refractivity contribution in [1.29, 1.82) is 0 Å². The molecule has 2 amide bonds. The van der Waals surface area contributed by atoms with Crippen molar-refractivity contribution in [3.63, 3.8) is 0 Å². The molecule has 0 aromatic carbocycles. The van der Waals surface area contributed by atoms with Gasteiger partial charge in [-0.25, -0.2) is 14.2 Å². The van der Waals surface area contributed by atoms with E-state index in [4.69, 9.17) is 0 Å². The molecule has 0 bridgehead atoms. The van der Waals surface area contributed by atoms with Crippen LogP contribution in [0.1, 0.15) is 68.8 Å². The van der Waals surface area contributed by atoms with E-state index in [0.717, 1.165) is 49.9 Å². The lowest BCUT2D eigenvalue weighted by molar-refractivity contribution is 0.221. The van der Waals surface area contributed by atoms with E-state index in [-0.39, 0.29) is 23.7 Å². The summed E-state index contributed by atoms with van der Waals surface area (Å²) in [7, 11) is 0. The largest absolute Gasteiger partial charge is 0.335 e.